The Morgan fingerprint density at radius 1 is 1.16 bits per heavy atom. The second kappa shape index (κ2) is 11.1. The lowest BCUT2D eigenvalue weighted by atomic mass is 10.1. The number of carbonyl (C=O) groups excluding carboxylic acids is 1. The molecule has 1 aliphatic rings. The van der Waals surface area contributed by atoms with Crippen molar-refractivity contribution >= 4 is 41.5 Å². The summed E-state index contributed by atoms with van der Waals surface area (Å²) in [4.78, 5) is 23.6. The second-order valence-electron chi connectivity index (χ2n) is 7.48. The molecule has 0 radical (unpaired) electrons. The maximum absolute atomic E-state index is 12.7. The number of halogens is 1. The first-order valence-electron chi connectivity index (χ1n) is 10.6. The Kier molecular flexibility index (Phi) is 8.26. The summed E-state index contributed by atoms with van der Waals surface area (Å²) in [7, 11) is 0. The number of aliphatic imine (C=N–C) groups is 1. The molecule has 0 fully saturated rings. The largest absolute Gasteiger partial charge is 0.444 e. The number of nitrogens with one attached hydrogen (secondary N) is 2. The van der Waals surface area contributed by atoms with Gasteiger partial charge in [0.1, 0.15) is 12.0 Å². The first-order valence-corrected chi connectivity index (χ1v) is 10.6. The standard InChI is InChI=1S/C24H27N5O2.HI/c1-3-25-24(27-15-22(30)29-13-12-18-6-4-5-7-21(18)29)26-14-20-16-31-23(28-20)19-10-8-17(2)9-11-19;/h4-11,16H,3,12-15H2,1-2H3,(H2,25,26,27);1H. The molecule has 168 valence electrons. The average Bonchev–Trinajstić information content (AvgIpc) is 3.43. The lowest BCUT2D eigenvalue weighted by Crippen LogP contribution is -2.44. The van der Waals surface area contributed by atoms with E-state index in [1.165, 1.54) is 11.1 Å². The quantitative estimate of drug-likeness (QED) is 0.279. The van der Waals surface area contributed by atoms with Gasteiger partial charge in [-0.15, -0.1) is 24.0 Å². The minimum absolute atomic E-state index is 0. The van der Waals surface area contributed by atoms with E-state index < -0.39 is 0 Å². The maximum atomic E-state index is 12.7. The fourth-order valence-corrected chi connectivity index (χ4v) is 3.56. The average molecular weight is 545 g/mol. The Hall–Kier alpha value is -2.88. The molecule has 0 saturated heterocycles. The van der Waals surface area contributed by atoms with Gasteiger partial charge in [0.2, 0.25) is 11.8 Å². The number of rotatable bonds is 6. The minimum Gasteiger partial charge on any atom is -0.444 e. The van der Waals surface area contributed by atoms with Gasteiger partial charge in [-0.05, 0) is 44.0 Å². The smallest absolute Gasteiger partial charge is 0.246 e. The summed E-state index contributed by atoms with van der Waals surface area (Å²) < 4.78 is 5.60. The van der Waals surface area contributed by atoms with Gasteiger partial charge < -0.3 is 20.0 Å². The molecule has 2 N–H and O–H groups in total. The Balaban J connectivity index is 0.00000289. The number of amides is 1. The van der Waals surface area contributed by atoms with Crippen LogP contribution >= 0.6 is 24.0 Å². The third-order valence-electron chi connectivity index (χ3n) is 5.19. The van der Waals surface area contributed by atoms with E-state index in [2.05, 4.69) is 26.7 Å². The summed E-state index contributed by atoms with van der Waals surface area (Å²) in [5, 5.41) is 6.30. The van der Waals surface area contributed by atoms with Gasteiger partial charge in [0.25, 0.3) is 0 Å². The number of para-hydroxylation sites is 1. The summed E-state index contributed by atoms with van der Waals surface area (Å²) in [5.74, 6) is 1.17. The Bertz CT molecular complexity index is 1080. The number of hydrogen-bond acceptors (Lipinski definition) is 4. The van der Waals surface area contributed by atoms with Gasteiger partial charge in [-0.2, -0.15) is 0 Å². The van der Waals surface area contributed by atoms with Crippen LogP contribution in [0.5, 0.6) is 0 Å². The molecule has 2 aromatic carbocycles. The lowest BCUT2D eigenvalue weighted by Gasteiger charge is -2.18. The number of carbonyl (C=O) groups is 1. The highest BCUT2D eigenvalue weighted by Crippen LogP contribution is 2.27. The SMILES string of the molecule is CCNC(=NCc1coc(-c2ccc(C)cc2)n1)NCC(=O)N1CCc2ccccc21.I. The molecule has 0 spiro atoms. The van der Waals surface area contributed by atoms with E-state index in [-0.39, 0.29) is 36.4 Å². The monoisotopic (exact) mass is 545 g/mol. The van der Waals surface area contributed by atoms with E-state index >= 15 is 0 Å². The maximum Gasteiger partial charge on any atom is 0.246 e. The number of aryl methyl sites for hydroxylation is 1. The fourth-order valence-electron chi connectivity index (χ4n) is 3.56. The van der Waals surface area contributed by atoms with Crippen molar-refractivity contribution in [2.45, 2.75) is 26.8 Å². The van der Waals surface area contributed by atoms with E-state index in [1.807, 2.05) is 61.2 Å². The number of hydrogen-bond donors (Lipinski definition) is 2. The topological polar surface area (TPSA) is 82.8 Å². The van der Waals surface area contributed by atoms with Crippen molar-refractivity contribution in [3.8, 4) is 11.5 Å². The molecule has 1 aromatic heterocycles. The van der Waals surface area contributed by atoms with E-state index in [0.29, 0.717) is 31.5 Å². The van der Waals surface area contributed by atoms with Crippen LogP contribution in [0, 0.1) is 6.92 Å². The van der Waals surface area contributed by atoms with Crippen LogP contribution in [-0.2, 0) is 17.8 Å². The van der Waals surface area contributed by atoms with Crippen LogP contribution in [0.15, 0.2) is 64.2 Å². The predicted octanol–water partition coefficient (Wildman–Crippen LogP) is 3.91. The molecule has 3 aromatic rings. The van der Waals surface area contributed by atoms with Crippen molar-refractivity contribution in [2.75, 3.05) is 24.5 Å². The highest BCUT2D eigenvalue weighted by Gasteiger charge is 2.23. The first-order chi connectivity index (χ1) is 15.1. The van der Waals surface area contributed by atoms with Crippen LogP contribution in [-0.4, -0.2) is 36.5 Å². The minimum atomic E-state index is 0. The van der Waals surface area contributed by atoms with E-state index in [4.69, 9.17) is 4.42 Å². The lowest BCUT2D eigenvalue weighted by molar-refractivity contribution is -0.117. The van der Waals surface area contributed by atoms with Gasteiger partial charge in [0.15, 0.2) is 5.96 Å². The summed E-state index contributed by atoms with van der Waals surface area (Å²) in [5.41, 5.74) is 5.07. The molecular formula is C24H28IN5O2. The molecule has 0 atom stereocenters. The predicted molar refractivity (Wildman–Crippen MR) is 137 cm³/mol. The molecule has 0 unspecified atom stereocenters. The van der Waals surface area contributed by atoms with E-state index in [1.54, 1.807) is 6.26 Å². The molecule has 1 aliphatic heterocycles. The Labute approximate surface area is 205 Å². The van der Waals surface area contributed by atoms with E-state index in [9.17, 15) is 4.79 Å². The van der Waals surface area contributed by atoms with Crippen molar-refractivity contribution in [1.29, 1.82) is 0 Å². The molecule has 32 heavy (non-hydrogen) atoms. The van der Waals surface area contributed by atoms with Gasteiger partial charge in [-0.1, -0.05) is 35.9 Å². The molecular weight excluding hydrogens is 517 g/mol. The zero-order chi connectivity index (χ0) is 21.6. The third-order valence-corrected chi connectivity index (χ3v) is 5.19. The fraction of sp³-hybridized carbons (Fsp3) is 0.292. The molecule has 8 heteroatoms. The van der Waals surface area contributed by atoms with Crippen molar-refractivity contribution in [3.05, 3.63) is 71.6 Å². The number of fused-ring (bicyclic) bond motifs is 1. The van der Waals surface area contributed by atoms with Crippen molar-refractivity contribution in [3.63, 3.8) is 0 Å². The number of aromatic nitrogens is 1. The van der Waals surface area contributed by atoms with Crippen molar-refractivity contribution in [2.24, 2.45) is 4.99 Å². The summed E-state index contributed by atoms with van der Waals surface area (Å²) >= 11 is 0. The van der Waals surface area contributed by atoms with Crippen molar-refractivity contribution < 1.29 is 9.21 Å². The van der Waals surface area contributed by atoms with E-state index in [0.717, 1.165) is 23.4 Å². The molecule has 0 bridgehead atoms. The molecule has 7 nitrogen and oxygen atoms in total. The van der Waals surface area contributed by atoms with Crippen molar-refractivity contribution in [1.82, 2.24) is 15.6 Å². The summed E-state index contributed by atoms with van der Waals surface area (Å²) in [6.45, 7) is 5.97. The normalized spacial score (nSPS) is 12.8. The van der Waals surface area contributed by atoms with Gasteiger partial charge in [-0.25, -0.2) is 9.98 Å². The van der Waals surface area contributed by atoms with Crippen LogP contribution in [0.4, 0.5) is 5.69 Å². The zero-order valence-corrected chi connectivity index (χ0v) is 20.6. The highest BCUT2D eigenvalue weighted by atomic mass is 127. The van der Waals surface area contributed by atoms with Crippen LogP contribution in [0.25, 0.3) is 11.5 Å². The molecule has 2 heterocycles. The highest BCUT2D eigenvalue weighted by molar-refractivity contribution is 14.0. The molecule has 1 amide bonds. The number of nitrogens with zero attached hydrogens (tertiary/aromatic N) is 3. The third kappa shape index (κ3) is 5.67. The molecule has 0 saturated carbocycles. The molecule has 0 aliphatic carbocycles. The number of oxazole rings is 1. The summed E-state index contributed by atoms with van der Waals surface area (Å²) in [6.07, 6.45) is 2.51. The van der Waals surface area contributed by atoms with Crippen LogP contribution in [0.1, 0.15) is 23.7 Å². The molecule has 4 rings (SSSR count). The zero-order valence-electron chi connectivity index (χ0n) is 18.3. The van der Waals surface area contributed by atoms with Gasteiger partial charge >= 0.3 is 0 Å². The summed E-state index contributed by atoms with van der Waals surface area (Å²) in [6, 6.07) is 16.1. The first kappa shape index (κ1) is 23.8. The van der Waals surface area contributed by atoms with Crippen LogP contribution < -0.4 is 15.5 Å². The number of benzene rings is 2. The van der Waals surface area contributed by atoms with Gasteiger partial charge in [-0.3, -0.25) is 4.79 Å². The van der Waals surface area contributed by atoms with Crippen LogP contribution in [0.2, 0.25) is 0 Å². The van der Waals surface area contributed by atoms with Gasteiger partial charge in [0.05, 0.1) is 13.1 Å². The Morgan fingerprint density at radius 2 is 1.94 bits per heavy atom. The number of guanidine groups is 1. The van der Waals surface area contributed by atoms with Gasteiger partial charge in [0, 0.05) is 24.3 Å². The number of anilines is 1. The second-order valence-corrected chi connectivity index (χ2v) is 7.48. The Morgan fingerprint density at radius 3 is 2.72 bits per heavy atom. The van der Waals surface area contributed by atoms with Crippen LogP contribution in [0.3, 0.4) is 0 Å².